The Morgan fingerprint density at radius 2 is 2.07 bits per heavy atom. The van der Waals surface area contributed by atoms with E-state index in [0.29, 0.717) is 6.61 Å². The molecule has 2 aromatic heterocycles. The van der Waals surface area contributed by atoms with Gasteiger partial charge in [0.2, 0.25) is 6.23 Å². The van der Waals surface area contributed by atoms with Gasteiger partial charge in [-0.15, -0.1) is 11.3 Å². The quantitative estimate of drug-likeness (QED) is 0.656. The van der Waals surface area contributed by atoms with Crippen LogP contribution in [0.25, 0.3) is 0 Å². The average molecular weight is 377 g/mol. The Labute approximate surface area is 161 Å². The van der Waals surface area contributed by atoms with Crippen LogP contribution in [-0.4, -0.2) is 22.3 Å². The van der Waals surface area contributed by atoms with Crippen molar-refractivity contribution in [2.24, 2.45) is 5.10 Å². The number of aromatic nitrogens is 1. The number of pyridine rings is 1. The van der Waals surface area contributed by atoms with Crippen LogP contribution in [0.1, 0.15) is 41.6 Å². The van der Waals surface area contributed by atoms with Gasteiger partial charge in [0.15, 0.2) is 11.5 Å². The van der Waals surface area contributed by atoms with Crippen LogP contribution in [0, 0.1) is 0 Å². The maximum atomic E-state index is 6.45. The summed E-state index contributed by atoms with van der Waals surface area (Å²) in [6.45, 7) is 2.59. The molecule has 2 atom stereocenters. The first-order valence-electron chi connectivity index (χ1n) is 9.07. The molecule has 0 amide bonds. The van der Waals surface area contributed by atoms with E-state index in [1.54, 1.807) is 23.7 Å². The molecular weight excluding hydrogens is 358 g/mol. The standard InChI is InChI=1S/C21H19N3O2S/c1-2-25-18-6-3-5-15-17-13-16(19-7-4-12-27-19)23-24(17)21(26-20(15)18)14-8-10-22-11-9-14/h3-12,17,21H,2,13H2,1H3. The predicted molar refractivity (Wildman–Crippen MR) is 105 cm³/mol. The van der Waals surface area contributed by atoms with E-state index in [2.05, 4.69) is 33.6 Å². The molecule has 3 aromatic rings. The highest BCUT2D eigenvalue weighted by Crippen LogP contribution is 2.50. The second kappa shape index (κ2) is 6.70. The minimum atomic E-state index is -0.301. The molecule has 0 radical (unpaired) electrons. The van der Waals surface area contributed by atoms with Gasteiger partial charge in [0.1, 0.15) is 0 Å². The summed E-state index contributed by atoms with van der Waals surface area (Å²) in [5.41, 5.74) is 3.26. The zero-order chi connectivity index (χ0) is 18.2. The summed E-state index contributed by atoms with van der Waals surface area (Å²) < 4.78 is 12.3. The zero-order valence-electron chi connectivity index (χ0n) is 14.9. The summed E-state index contributed by atoms with van der Waals surface area (Å²) in [4.78, 5) is 5.35. The Balaban J connectivity index is 1.62. The molecule has 0 fully saturated rings. The highest BCUT2D eigenvalue weighted by Gasteiger charge is 2.42. The van der Waals surface area contributed by atoms with Gasteiger partial charge in [0.25, 0.3) is 0 Å². The van der Waals surface area contributed by atoms with E-state index >= 15 is 0 Å². The van der Waals surface area contributed by atoms with E-state index in [-0.39, 0.29) is 12.3 Å². The summed E-state index contributed by atoms with van der Waals surface area (Å²) in [6.07, 6.45) is 4.13. The molecule has 0 aliphatic carbocycles. The van der Waals surface area contributed by atoms with Crippen molar-refractivity contribution in [3.63, 3.8) is 0 Å². The SMILES string of the molecule is CCOc1cccc2c1OC(c1ccncc1)N1N=C(c3cccs3)CC21. The summed E-state index contributed by atoms with van der Waals surface area (Å²) in [7, 11) is 0. The molecule has 0 N–H and O–H groups in total. The molecule has 5 rings (SSSR count). The highest BCUT2D eigenvalue weighted by atomic mass is 32.1. The van der Waals surface area contributed by atoms with Crippen LogP contribution in [0.4, 0.5) is 0 Å². The first kappa shape index (κ1) is 16.3. The third-order valence-corrected chi connectivity index (χ3v) is 5.80. The monoisotopic (exact) mass is 377 g/mol. The van der Waals surface area contributed by atoms with Crippen molar-refractivity contribution < 1.29 is 9.47 Å². The van der Waals surface area contributed by atoms with Crippen molar-refractivity contribution in [2.45, 2.75) is 25.6 Å². The summed E-state index contributed by atoms with van der Waals surface area (Å²) in [5, 5.41) is 9.14. The number of hydrogen-bond donors (Lipinski definition) is 0. The first-order chi connectivity index (χ1) is 13.3. The maximum absolute atomic E-state index is 6.45. The van der Waals surface area contributed by atoms with E-state index in [9.17, 15) is 0 Å². The molecule has 136 valence electrons. The normalized spacial score (nSPS) is 20.5. The van der Waals surface area contributed by atoms with Gasteiger partial charge in [-0.3, -0.25) is 4.98 Å². The van der Waals surface area contributed by atoms with E-state index in [1.807, 2.05) is 31.2 Å². The van der Waals surface area contributed by atoms with Gasteiger partial charge in [0, 0.05) is 29.9 Å². The molecule has 27 heavy (non-hydrogen) atoms. The first-order valence-corrected chi connectivity index (χ1v) is 9.95. The van der Waals surface area contributed by atoms with Gasteiger partial charge in [0.05, 0.1) is 23.2 Å². The number of rotatable bonds is 4. The van der Waals surface area contributed by atoms with Crippen molar-refractivity contribution in [3.8, 4) is 11.5 Å². The number of benzene rings is 1. The lowest BCUT2D eigenvalue weighted by atomic mass is 9.97. The lowest BCUT2D eigenvalue weighted by Crippen LogP contribution is -2.33. The molecule has 2 aliphatic rings. The average Bonchev–Trinajstić information content (AvgIpc) is 3.38. The molecule has 5 nitrogen and oxygen atoms in total. The number of hydrazone groups is 1. The van der Waals surface area contributed by atoms with Crippen molar-refractivity contribution in [1.29, 1.82) is 0 Å². The fraction of sp³-hybridized carbons (Fsp3) is 0.238. The third kappa shape index (κ3) is 2.77. The molecule has 0 spiro atoms. The van der Waals surface area contributed by atoms with Crippen LogP contribution >= 0.6 is 11.3 Å². The van der Waals surface area contributed by atoms with Crippen LogP contribution in [0.15, 0.2) is 65.3 Å². The maximum Gasteiger partial charge on any atom is 0.214 e. The molecule has 2 aliphatic heterocycles. The number of nitrogens with zero attached hydrogens (tertiary/aromatic N) is 3. The van der Waals surface area contributed by atoms with Gasteiger partial charge < -0.3 is 9.47 Å². The minimum Gasteiger partial charge on any atom is -0.490 e. The molecule has 2 unspecified atom stereocenters. The second-order valence-corrected chi connectivity index (χ2v) is 7.43. The van der Waals surface area contributed by atoms with Crippen LogP contribution in [0.2, 0.25) is 0 Å². The number of thiophene rings is 1. The van der Waals surface area contributed by atoms with E-state index < -0.39 is 0 Å². The van der Waals surface area contributed by atoms with Gasteiger partial charge >= 0.3 is 0 Å². The van der Waals surface area contributed by atoms with Crippen molar-refractivity contribution in [3.05, 3.63) is 76.2 Å². The summed E-state index contributed by atoms with van der Waals surface area (Å²) in [5.74, 6) is 1.61. The number of hydrogen-bond acceptors (Lipinski definition) is 6. The van der Waals surface area contributed by atoms with Crippen molar-refractivity contribution >= 4 is 17.0 Å². The Hall–Kier alpha value is -2.86. The molecule has 0 saturated heterocycles. The number of para-hydroxylation sites is 1. The predicted octanol–water partition coefficient (Wildman–Crippen LogP) is 4.78. The van der Waals surface area contributed by atoms with Crippen molar-refractivity contribution in [1.82, 2.24) is 9.99 Å². The number of ether oxygens (including phenoxy) is 2. The molecular formula is C21H19N3O2S. The Morgan fingerprint density at radius 3 is 2.85 bits per heavy atom. The van der Waals surface area contributed by atoms with Gasteiger partial charge in [-0.05, 0) is 36.6 Å². The summed E-state index contributed by atoms with van der Waals surface area (Å²) in [6, 6.07) is 14.4. The van der Waals surface area contributed by atoms with Gasteiger partial charge in [-0.25, -0.2) is 5.01 Å². The van der Waals surface area contributed by atoms with Crippen LogP contribution in [0.5, 0.6) is 11.5 Å². The topological polar surface area (TPSA) is 47.0 Å². The molecule has 0 saturated carbocycles. The van der Waals surface area contributed by atoms with Gasteiger partial charge in [-0.2, -0.15) is 5.10 Å². The number of fused-ring (bicyclic) bond motifs is 3. The van der Waals surface area contributed by atoms with Crippen LogP contribution in [0.3, 0.4) is 0 Å². The van der Waals surface area contributed by atoms with E-state index in [4.69, 9.17) is 14.6 Å². The fourth-order valence-electron chi connectivity index (χ4n) is 3.69. The minimum absolute atomic E-state index is 0.129. The fourth-order valence-corrected chi connectivity index (χ4v) is 4.41. The third-order valence-electron chi connectivity index (χ3n) is 4.88. The largest absolute Gasteiger partial charge is 0.490 e. The summed E-state index contributed by atoms with van der Waals surface area (Å²) >= 11 is 1.72. The Kier molecular flexibility index (Phi) is 4.05. The molecule has 6 heteroatoms. The zero-order valence-corrected chi connectivity index (χ0v) is 15.7. The molecule has 1 aromatic carbocycles. The van der Waals surface area contributed by atoms with E-state index in [1.165, 1.54) is 4.88 Å². The lowest BCUT2D eigenvalue weighted by Gasteiger charge is -2.38. The highest BCUT2D eigenvalue weighted by molar-refractivity contribution is 7.12. The lowest BCUT2D eigenvalue weighted by molar-refractivity contribution is -0.0212. The Morgan fingerprint density at radius 1 is 1.19 bits per heavy atom. The van der Waals surface area contributed by atoms with Gasteiger partial charge in [-0.1, -0.05) is 18.2 Å². The van der Waals surface area contributed by atoms with E-state index in [0.717, 1.165) is 34.8 Å². The smallest absolute Gasteiger partial charge is 0.214 e. The molecule has 0 bridgehead atoms. The van der Waals surface area contributed by atoms with Crippen molar-refractivity contribution in [2.75, 3.05) is 6.61 Å². The van der Waals surface area contributed by atoms with Crippen LogP contribution < -0.4 is 9.47 Å². The Bertz CT molecular complexity index is 972. The van der Waals surface area contributed by atoms with Crippen LogP contribution in [-0.2, 0) is 0 Å². The molecule has 4 heterocycles. The second-order valence-electron chi connectivity index (χ2n) is 6.48.